The lowest BCUT2D eigenvalue weighted by Gasteiger charge is -2.14. The Morgan fingerprint density at radius 3 is 2.47 bits per heavy atom. The van der Waals surface area contributed by atoms with Gasteiger partial charge < -0.3 is 0 Å². The van der Waals surface area contributed by atoms with Crippen LogP contribution in [0.25, 0.3) is 28.4 Å². The first kappa shape index (κ1) is 19.7. The van der Waals surface area contributed by atoms with Crippen LogP contribution in [0.5, 0.6) is 0 Å². The molecule has 0 aliphatic carbocycles. The second-order valence-electron chi connectivity index (χ2n) is 6.43. The SMILES string of the molecule is O=C(C=Cc1ccc(Br)cc1)Nn1c(-c2ccccc2F)nc2ccccc2c1=O. The summed E-state index contributed by atoms with van der Waals surface area (Å²) in [7, 11) is 0. The van der Waals surface area contributed by atoms with Gasteiger partial charge in [0, 0.05) is 10.5 Å². The van der Waals surface area contributed by atoms with Crippen LogP contribution >= 0.6 is 15.9 Å². The largest absolute Gasteiger partial charge is 0.280 e. The summed E-state index contributed by atoms with van der Waals surface area (Å²) < 4.78 is 16.3. The van der Waals surface area contributed by atoms with Gasteiger partial charge in [-0.05, 0) is 48.0 Å². The van der Waals surface area contributed by atoms with Crippen molar-refractivity contribution in [2.75, 3.05) is 5.43 Å². The van der Waals surface area contributed by atoms with E-state index < -0.39 is 17.3 Å². The number of aromatic nitrogens is 2. The first-order chi connectivity index (χ1) is 14.5. The third-order valence-electron chi connectivity index (χ3n) is 4.41. The molecule has 0 aliphatic rings. The minimum atomic E-state index is -0.548. The van der Waals surface area contributed by atoms with Crippen molar-refractivity contribution in [1.82, 2.24) is 9.66 Å². The summed E-state index contributed by atoms with van der Waals surface area (Å²) >= 11 is 3.35. The maximum absolute atomic E-state index is 14.4. The van der Waals surface area contributed by atoms with Crippen LogP contribution in [-0.2, 0) is 4.79 Å². The van der Waals surface area contributed by atoms with Crippen molar-refractivity contribution >= 4 is 38.8 Å². The number of fused-ring (bicyclic) bond motifs is 1. The molecule has 0 saturated carbocycles. The molecule has 4 aromatic rings. The standard InChI is InChI=1S/C23H15BrFN3O2/c24-16-12-9-15(10-13-16)11-14-21(29)27-28-22(17-5-1-3-7-19(17)25)26-20-8-4-2-6-18(20)23(28)30/h1-14H,(H,27,29). The van der Waals surface area contributed by atoms with Gasteiger partial charge in [-0.25, -0.2) is 9.37 Å². The van der Waals surface area contributed by atoms with Gasteiger partial charge in [-0.1, -0.05) is 52.3 Å². The van der Waals surface area contributed by atoms with Crippen molar-refractivity contribution < 1.29 is 9.18 Å². The van der Waals surface area contributed by atoms with Crippen molar-refractivity contribution in [3.8, 4) is 11.4 Å². The zero-order valence-corrected chi connectivity index (χ0v) is 17.1. The van der Waals surface area contributed by atoms with Crippen molar-refractivity contribution in [2.24, 2.45) is 0 Å². The van der Waals surface area contributed by atoms with Gasteiger partial charge in [0.15, 0.2) is 5.82 Å². The van der Waals surface area contributed by atoms with E-state index >= 15 is 0 Å². The van der Waals surface area contributed by atoms with Gasteiger partial charge in [0.2, 0.25) is 0 Å². The molecule has 148 valence electrons. The number of carbonyl (C=O) groups excluding carboxylic acids is 1. The first-order valence-electron chi connectivity index (χ1n) is 9.04. The highest BCUT2D eigenvalue weighted by atomic mass is 79.9. The molecule has 30 heavy (non-hydrogen) atoms. The number of halogens is 2. The van der Waals surface area contributed by atoms with Gasteiger partial charge in [-0.15, -0.1) is 0 Å². The van der Waals surface area contributed by atoms with E-state index in [0.717, 1.165) is 14.7 Å². The molecule has 0 saturated heterocycles. The second-order valence-corrected chi connectivity index (χ2v) is 7.35. The molecule has 1 heterocycles. The zero-order valence-electron chi connectivity index (χ0n) is 15.5. The van der Waals surface area contributed by atoms with Crippen molar-refractivity contribution in [3.63, 3.8) is 0 Å². The number of rotatable bonds is 4. The average molecular weight is 464 g/mol. The molecular weight excluding hydrogens is 449 g/mol. The predicted octanol–water partition coefficient (Wildman–Crippen LogP) is 4.75. The molecule has 0 aliphatic heterocycles. The number of nitrogens with one attached hydrogen (secondary N) is 1. The first-order valence-corrected chi connectivity index (χ1v) is 9.83. The Morgan fingerprint density at radius 2 is 1.70 bits per heavy atom. The molecule has 0 bridgehead atoms. The van der Waals surface area contributed by atoms with Crippen molar-refractivity contribution in [1.29, 1.82) is 0 Å². The highest BCUT2D eigenvalue weighted by Crippen LogP contribution is 2.21. The molecule has 3 aromatic carbocycles. The van der Waals surface area contributed by atoms with Gasteiger partial charge in [0.05, 0.1) is 16.5 Å². The number of hydrogen-bond donors (Lipinski definition) is 1. The molecule has 4 rings (SSSR count). The fraction of sp³-hybridized carbons (Fsp3) is 0. The van der Waals surface area contributed by atoms with Crippen LogP contribution in [0.2, 0.25) is 0 Å². The molecule has 0 unspecified atom stereocenters. The van der Waals surface area contributed by atoms with Crippen LogP contribution in [0.4, 0.5) is 4.39 Å². The minimum absolute atomic E-state index is 0.0159. The van der Waals surface area contributed by atoms with Crippen LogP contribution < -0.4 is 11.0 Å². The van der Waals surface area contributed by atoms with E-state index in [0.29, 0.717) is 10.9 Å². The Bertz CT molecular complexity index is 1330. The minimum Gasteiger partial charge on any atom is -0.268 e. The molecule has 7 heteroatoms. The van der Waals surface area contributed by atoms with Gasteiger partial charge in [0.1, 0.15) is 5.82 Å². The maximum Gasteiger partial charge on any atom is 0.280 e. The Kier molecular flexibility index (Phi) is 5.54. The van der Waals surface area contributed by atoms with E-state index in [1.165, 1.54) is 18.2 Å². The summed E-state index contributed by atoms with van der Waals surface area (Å²) in [5.41, 5.74) is 3.36. The molecular formula is C23H15BrFN3O2. The third-order valence-corrected chi connectivity index (χ3v) is 4.94. The number of hydrogen-bond acceptors (Lipinski definition) is 3. The smallest absolute Gasteiger partial charge is 0.268 e. The summed E-state index contributed by atoms with van der Waals surface area (Å²) in [6, 6.07) is 20.1. The summed E-state index contributed by atoms with van der Waals surface area (Å²) in [6.07, 6.45) is 2.92. The predicted molar refractivity (Wildman–Crippen MR) is 119 cm³/mol. The van der Waals surface area contributed by atoms with Crippen LogP contribution in [0.3, 0.4) is 0 Å². The van der Waals surface area contributed by atoms with Crippen LogP contribution in [0, 0.1) is 5.82 Å². The Morgan fingerprint density at radius 1 is 1.00 bits per heavy atom. The number of nitrogens with zero attached hydrogens (tertiary/aromatic N) is 2. The van der Waals surface area contributed by atoms with Crippen molar-refractivity contribution in [3.05, 3.63) is 105 Å². The molecule has 1 amide bonds. The van der Waals surface area contributed by atoms with Crippen molar-refractivity contribution in [2.45, 2.75) is 0 Å². The fourth-order valence-electron chi connectivity index (χ4n) is 2.95. The molecule has 0 radical (unpaired) electrons. The lowest BCUT2D eigenvalue weighted by atomic mass is 10.1. The normalized spacial score (nSPS) is 11.1. The Balaban J connectivity index is 1.77. The molecule has 1 N–H and O–H groups in total. The molecule has 1 aromatic heterocycles. The number of benzene rings is 3. The van der Waals surface area contributed by atoms with E-state index in [1.807, 2.05) is 24.3 Å². The third kappa shape index (κ3) is 4.06. The molecule has 0 atom stereocenters. The highest BCUT2D eigenvalue weighted by Gasteiger charge is 2.16. The topological polar surface area (TPSA) is 64.0 Å². The van der Waals surface area contributed by atoms with E-state index in [1.54, 1.807) is 42.5 Å². The molecule has 0 fully saturated rings. The zero-order chi connectivity index (χ0) is 21.1. The summed E-state index contributed by atoms with van der Waals surface area (Å²) in [4.78, 5) is 30.0. The van der Waals surface area contributed by atoms with E-state index in [9.17, 15) is 14.0 Å². The number of amides is 1. The van der Waals surface area contributed by atoms with Gasteiger partial charge in [-0.3, -0.25) is 15.0 Å². The fourth-order valence-corrected chi connectivity index (χ4v) is 3.22. The number of carbonyl (C=O) groups is 1. The van der Waals surface area contributed by atoms with Gasteiger partial charge in [0.25, 0.3) is 11.5 Å². The lowest BCUT2D eigenvalue weighted by Crippen LogP contribution is -2.34. The van der Waals surface area contributed by atoms with Crippen LogP contribution in [-0.4, -0.2) is 15.6 Å². The Hall–Kier alpha value is -3.58. The molecule has 5 nitrogen and oxygen atoms in total. The Labute approximate surface area is 179 Å². The van der Waals surface area contributed by atoms with Crippen LogP contribution in [0.1, 0.15) is 5.56 Å². The summed E-state index contributed by atoms with van der Waals surface area (Å²) in [5.74, 6) is -1.08. The second kappa shape index (κ2) is 8.42. The maximum atomic E-state index is 14.4. The highest BCUT2D eigenvalue weighted by molar-refractivity contribution is 9.10. The van der Waals surface area contributed by atoms with E-state index in [-0.39, 0.29) is 11.4 Å². The van der Waals surface area contributed by atoms with Crippen LogP contribution in [0.15, 0.2) is 88.1 Å². The average Bonchev–Trinajstić information content (AvgIpc) is 2.76. The lowest BCUT2D eigenvalue weighted by molar-refractivity contribution is -0.112. The van der Waals surface area contributed by atoms with E-state index in [2.05, 4.69) is 26.3 Å². The van der Waals surface area contributed by atoms with Gasteiger partial charge in [-0.2, -0.15) is 4.68 Å². The quantitative estimate of drug-likeness (QED) is 0.444. The molecule has 0 spiro atoms. The summed E-state index contributed by atoms with van der Waals surface area (Å²) in [6.45, 7) is 0. The van der Waals surface area contributed by atoms with Gasteiger partial charge >= 0.3 is 0 Å². The monoisotopic (exact) mass is 463 g/mol. The van der Waals surface area contributed by atoms with E-state index in [4.69, 9.17) is 0 Å². The number of para-hydroxylation sites is 1. The summed E-state index contributed by atoms with van der Waals surface area (Å²) in [5, 5.41) is 0.315.